The molecule has 2 aliphatic carbocycles. The van der Waals surface area contributed by atoms with Crippen molar-refractivity contribution in [2.75, 3.05) is 0 Å². The third-order valence-corrected chi connectivity index (χ3v) is 4.37. The SMILES string of the molecule is N=C(c1ccccc1C1C=CC=C1)C1CCCCC1. The highest BCUT2D eigenvalue weighted by molar-refractivity contribution is 6.01. The van der Waals surface area contributed by atoms with Gasteiger partial charge in [0, 0.05) is 17.5 Å². The minimum absolute atomic E-state index is 0.361. The Morgan fingerprint density at radius 3 is 2.37 bits per heavy atom. The Morgan fingerprint density at radius 2 is 1.63 bits per heavy atom. The normalized spacial score (nSPS) is 20.0. The van der Waals surface area contributed by atoms with Crippen molar-refractivity contribution >= 4 is 5.71 Å². The molecule has 0 aliphatic heterocycles. The number of rotatable bonds is 3. The zero-order valence-corrected chi connectivity index (χ0v) is 11.3. The predicted octanol–water partition coefficient (Wildman–Crippen LogP) is 4.84. The summed E-state index contributed by atoms with van der Waals surface area (Å²) in [5.41, 5.74) is 3.32. The van der Waals surface area contributed by atoms with Gasteiger partial charge in [0.15, 0.2) is 0 Å². The van der Waals surface area contributed by atoms with Gasteiger partial charge in [0.25, 0.3) is 0 Å². The lowest BCUT2D eigenvalue weighted by molar-refractivity contribution is 0.438. The molecule has 0 radical (unpaired) electrons. The number of allylic oxidation sites excluding steroid dienone is 4. The highest BCUT2D eigenvalue weighted by Gasteiger charge is 2.22. The van der Waals surface area contributed by atoms with Gasteiger partial charge in [-0.15, -0.1) is 0 Å². The first-order valence-corrected chi connectivity index (χ1v) is 7.39. The first-order valence-electron chi connectivity index (χ1n) is 7.39. The monoisotopic (exact) mass is 251 g/mol. The maximum atomic E-state index is 8.58. The predicted molar refractivity (Wildman–Crippen MR) is 80.9 cm³/mol. The van der Waals surface area contributed by atoms with Gasteiger partial charge in [-0.2, -0.15) is 0 Å². The molecule has 1 aromatic carbocycles. The summed E-state index contributed by atoms with van der Waals surface area (Å²) in [4.78, 5) is 0. The van der Waals surface area contributed by atoms with Gasteiger partial charge in [-0.05, 0) is 24.0 Å². The maximum absolute atomic E-state index is 8.58. The minimum atomic E-state index is 0.361. The van der Waals surface area contributed by atoms with Crippen LogP contribution < -0.4 is 0 Å². The van der Waals surface area contributed by atoms with Crippen LogP contribution in [0.1, 0.15) is 49.1 Å². The number of nitrogens with one attached hydrogen (secondary N) is 1. The van der Waals surface area contributed by atoms with Crippen LogP contribution in [0.25, 0.3) is 0 Å². The Labute approximate surface area is 115 Å². The van der Waals surface area contributed by atoms with Crippen LogP contribution in [0.4, 0.5) is 0 Å². The van der Waals surface area contributed by atoms with E-state index in [1.165, 1.54) is 37.7 Å². The fourth-order valence-electron chi connectivity index (χ4n) is 3.28. The largest absolute Gasteiger partial charge is 0.304 e. The molecular weight excluding hydrogens is 230 g/mol. The van der Waals surface area contributed by atoms with Crippen LogP contribution in [-0.4, -0.2) is 5.71 Å². The summed E-state index contributed by atoms with van der Waals surface area (Å²) in [6.45, 7) is 0. The van der Waals surface area contributed by atoms with Crippen molar-refractivity contribution in [3.8, 4) is 0 Å². The average molecular weight is 251 g/mol. The Hall–Kier alpha value is -1.63. The standard InChI is InChI=1S/C18H21N/c19-18(15-10-2-1-3-11-15)17-13-7-6-12-16(17)14-8-4-5-9-14/h4-9,12-15,19H,1-3,10-11H2. The molecule has 1 heteroatoms. The fourth-order valence-corrected chi connectivity index (χ4v) is 3.28. The van der Waals surface area contributed by atoms with Gasteiger partial charge in [-0.1, -0.05) is 67.8 Å². The van der Waals surface area contributed by atoms with E-state index in [4.69, 9.17) is 5.41 Å². The van der Waals surface area contributed by atoms with Crippen LogP contribution in [0.5, 0.6) is 0 Å². The number of benzene rings is 1. The maximum Gasteiger partial charge on any atom is 0.0420 e. The summed E-state index contributed by atoms with van der Waals surface area (Å²) in [5, 5.41) is 8.58. The van der Waals surface area contributed by atoms with Crippen molar-refractivity contribution in [1.82, 2.24) is 0 Å². The molecule has 1 saturated carbocycles. The molecule has 0 amide bonds. The fraction of sp³-hybridized carbons (Fsp3) is 0.389. The van der Waals surface area contributed by atoms with Crippen molar-refractivity contribution in [3.63, 3.8) is 0 Å². The van der Waals surface area contributed by atoms with E-state index in [2.05, 4.69) is 48.6 Å². The Balaban J connectivity index is 1.89. The van der Waals surface area contributed by atoms with Gasteiger partial charge in [0.2, 0.25) is 0 Å². The van der Waals surface area contributed by atoms with Gasteiger partial charge < -0.3 is 5.41 Å². The summed E-state index contributed by atoms with van der Waals surface area (Å²) in [6.07, 6.45) is 15.0. The highest BCUT2D eigenvalue weighted by Crippen LogP contribution is 2.31. The Bertz CT molecular complexity index is 506. The summed E-state index contributed by atoms with van der Waals surface area (Å²) in [6, 6.07) is 8.47. The smallest absolute Gasteiger partial charge is 0.0420 e. The molecule has 0 spiro atoms. The van der Waals surface area contributed by atoms with E-state index < -0.39 is 0 Å². The molecule has 2 aliphatic rings. The molecule has 0 aromatic heterocycles. The van der Waals surface area contributed by atoms with Gasteiger partial charge >= 0.3 is 0 Å². The molecule has 0 heterocycles. The summed E-state index contributed by atoms with van der Waals surface area (Å²) >= 11 is 0. The first-order chi connectivity index (χ1) is 9.36. The van der Waals surface area contributed by atoms with E-state index in [0.29, 0.717) is 11.8 Å². The molecule has 1 N–H and O–H groups in total. The highest BCUT2D eigenvalue weighted by atomic mass is 14.5. The van der Waals surface area contributed by atoms with Crippen LogP contribution in [0.15, 0.2) is 48.6 Å². The van der Waals surface area contributed by atoms with Crippen molar-refractivity contribution in [1.29, 1.82) is 5.41 Å². The molecule has 0 bridgehead atoms. The van der Waals surface area contributed by atoms with Gasteiger partial charge in [-0.3, -0.25) is 0 Å². The van der Waals surface area contributed by atoms with Crippen LogP contribution in [-0.2, 0) is 0 Å². The Morgan fingerprint density at radius 1 is 0.947 bits per heavy atom. The lowest BCUT2D eigenvalue weighted by atomic mass is 9.81. The molecule has 0 unspecified atom stereocenters. The molecule has 0 atom stereocenters. The van der Waals surface area contributed by atoms with Crippen molar-refractivity contribution in [2.24, 2.45) is 5.92 Å². The third kappa shape index (κ3) is 2.56. The van der Waals surface area contributed by atoms with Crippen molar-refractivity contribution in [2.45, 2.75) is 38.0 Å². The minimum Gasteiger partial charge on any atom is -0.304 e. The molecule has 19 heavy (non-hydrogen) atoms. The molecule has 3 rings (SSSR count). The van der Waals surface area contributed by atoms with E-state index in [1.54, 1.807) is 0 Å². The van der Waals surface area contributed by atoms with Crippen molar-refractivity contribution in [3.05, 3.63) is 59.7 Å². The lowest BCUT2D eigenvalue weighted by Crippen LogP contribution is -2.19. The topological polar surface area (TPSA) is 23.9 Å². The quantitative estimate of drug-likeness (QED) is 0.743. The van der Waals surface area contributed by atoms with Crippen LogP contribution in [0.3, 0.4) is 0 Å². The molecule has 98 valence electrons. The van der Waals surface area contributed by atoms with Gasteiger partial charge in [0.1, 0.15) is 0 Å². The Kier molecular flexibility index (Phi) is 3.63. The zero-order valence-electron chi connectivity index (χ0n) is 11.3. The molecule has 0 saturated heterocycles. The molecule has 1 nitrogen and oxygen atoms in total. The van der Waals surface area contributed by atoms with Crippen LogP contribution in [0, 0.1) is 11.3 Å². The van der Waals surface area contributed by atoms with E-state index in [0.717, 1.165) is 11.3 Å². The lowest BCUT2D eigenvalue weighted by Gasteiger charge is -2.24. The van der Waals surface area contributed by atoms with Gasteiger partial charge in [-0.25, -0.2) is 0 Å². The van der Waals surface area contributed by atoms with Crippen LogP contribution in [0.2, 0.25) is 0 Å². The second-order valence-corrected chi connectivity index (χ2v) is 5.63. The summed E-state index contributed by atoms with van der Waals surface area (Å²) in [7, 11) is 0. The first kappa shape index (κ1) is 12.4. The van der Waals surface area contributed by atoms with Crippen LogP contribution >= 0.6 is 0 Å². The summed E-state index contributed by atoms with van der Waals surface area (Å²) in [5.74, 6) is 0.837. The number of hydrogen-bond acceptors (Lipinski definition) is 1. The average Bonchev–Trinajstić information content (AvgIpc) is 3.01. The van der Waals surface area contributed by atoms with E-state index >= 15 is 0 Å². The molecular formula is C18H21N. The zero-order chi connectivity index (χ0) is 13.1. The van der Waals surface area contributed by atoms with Gasteiger partial charge in [0.05, 0.1) is 0 Å². The second kappa shape index (κ2) is 5.56. The van der Waals surface area contributed by atoms with E-state index in [-0.39, 0.29) is 0 Å². The second-order valence-electron chi connectivity index (χ2n) is 5.63. The molecule has 1 aromatic rings. The van der Waals surface area contributed by atoms with Crippen molar-refractivity contribution < 1.29 is 0 Å². The third-order valence-electron chi connectivity index (χ3n) is 4.37. The van der Waals surface area contributed by atoms with E-state index in [1.807, 2.05) is 0 Å². The van der Waals surface area contributed by atoms with E-state index in [9.17, 15) is 0 Å². The summed E-state index contributed by atoms with van der Waals surface area (Å²) < 4.78 is 0. The number of hydrogen-bond donors (Lipinski definition) is 1. The molecule has 1 fully saturated rings.